The lowest BCUT2D eigenvalue weighted by Crippen LogP contribution is -2.37. The average molecular weight is 178 g/mol. The average Bonchev–Trinajstić information content (AvgIpc) is 1.92. The van der Waals surface area contributed by atoms with Gasteiger partial charge in [-0.25, -0.2) is 4.39 Å². The Morgan fingerprint density at radius 1 is 1.25 bits per heavy atom. The molecule has 1 heterocycles. The molecule has 0 saturated heterocycles. The Labute approximate surface area is 66.5 Å². The smallest absolute Gasteiger partial charge is 0.444 e. The van der Waals surface area contributed by atoms with E-state index in [4.69, 9.17) is 0 Å². The van der Waals surface area contributed by atoms with Gasteiger partial charge in [-0.15, -0.1) is 0 Å². The van der Waals surface area contributed by atoms with Crippen molar-refractivity contribution in [1.82, 2.24) is 4.98 Å². The fourth-order valence-electron chi connectivity index (χ4n) is 0.746. The molecule has 66 valence electrons. The van der Waals surface area contributed by atoms with E-state index in [9.17, 15) is 17.3 Å². The first-order chi connectivity index (χ1) is 5.41. The second kappa shape index (κ2) is 2.77. The third kappa shape index (κ3) is 1.75. The lowest BCUT2D eigenvalue weighted by atomic mass is 9.85. The molecule has 1 rings (SSSR count). The summed E-state index contributed by atoms with van der Waals surface area (Å²) >= 11 is 0. The fraction of sp³-hybridized carbons (Fsp3) is 0.167. The highest BCUT2D eigenvalue weighted by molar-refractivity contribution is 6.72. The van der Waals surface area contributed by atoms with Crippen LogP contribution in [0, 0.1) is 12.7 Å². The van der Waals surface area contributed by atoms with E-state index >= 15 is 0 Å². The molecule has 1 aromatic rings. The number of halogens is 4. The van der Waals surface area contributed by atoms with Crippen LogP contribution >= 0.6 is 0 Å². The molecule has 1 aromatic heterocycles. The van der Waals surface area contributed by atoms with Crippen LogP contribution in [-0.2, 0) is 0 Å². The van der Waals surface area contributed by atoms with Gasteiger partial charge in [0.25, 0.3) is 0 Å². The van der Waals surface area contributed by atoms with Crippen molar-refractivity contribution >= 4 is 12.6 Å². The summed E-state index contributed by atoms with van der Waals surface area (Å²) in [5.74, 6) is -0.723. The number of aromatic nitrogens is 1. The van der Waals surface area contributed by atoms with Gasteiger partial charge in [0.1, 0.15) is 5.82 Å². The molecule has 0 atom stereocenters. The highest BCUT2D eigenvalue weighted by atomic mass is 19.4. The summed E-state index contributed by atoms with van der Waals surface area (Å²) in [5, 5.41) is 0. The van der Waals surface area contributed by atoms with Crippen LogP contribution in [0.2, 0.25) is 0 Å². The lowest BCUT2D eigenvalue weighted by molar-refractivity contribution is 0.497. The maximum atomic E-state index is 12.5. The maximum Gasteiger partial charge on any atom is 0.527 e. The molecule has 0 bridgehead atoms. The van der Waals surface area contributed by atoms with Crippen molar-refractivity contribution in [2.75, 3.05) is 0 Å². The van der Waals surface area contributed by atoms with Crippen LogP contribution in [0.3, 0.4) is 0 Å². The van der Waals surface area contributed by atoms with Crippen LogP contribution in [0.25, 0.3) is 0 Å². The quantitative estimate of drug-likeness (QED) is 0.469. The second-order valence-electron chi connectivity index (χ2n) is 2.38. The Balaban J connectivity index is 3.14. The topological polar surface area (TPSA) is 12.9 Å². The fourth-order valence-corrected chi connectivity index (χ4v) is 0.746. The summed E-state index contributed by atoms with van der Waals surface area (Å²) in [5.41, 5.74) is -1.24. The molecule has 0 N–H and O–H groups in total. The molecule has 0 amide bonds. The van der Waals surface area contributed by atoms with E-state index in [1.807, 2.05) is 0 Å². The van der Waals surface area contributed by atoms with Crippen molar-refractivity contribution in [1.29, 1.82) is 0 Å². The van der Waals surface area contributed by atoms with E-state index < -0.39 is 18.4 Å². The molecule has 0 aromatic carbocycles. The van der Waals surface area contributed by atoms with Crippen molar-refractivity contribution in [2.24, 2.45) is 0 Å². The number of nitrogens with zero attached hydrogens (tertiary/aromatic N) is 1. The Bertz CT molecular complexity index is 296. The van der Waals surface area contributed by atoms with Crippen LogP contribution in [0.4, 0.5) is 17.3 Å². The second-order valence-corrected chi connectivity index (χ2v) is 2.38. The van der Waals surface area contributed by atoms with Gasteiger partial charge < -0.3 is 12.9 Å². The summed E-state index contributed by atoms with van der Waals surface area (Å²) in [4.78, 5) is 3.07. The van der Waals surface area contributed by atoms with Gasteiger partial charge in [-0.05, 0) is 18.6 Å². The van der Waals surface area contributed by atoms with E-state index in [0.717, 1.165) is 6.07 Å². The van der Waals surface area contributed by atoms with Crippen LogP contribution in [0.5, 0.6) is 0 Å². The van der Waals surface area contributed by atoms with Gasteiger partial charge in [0.05, 0.1) is 5.69 Å². The lowest BCUT2D eigenvalue weighted by Gasteiger charge is -2.13. The predicted molar refractivity (Wildman–Crippen MR) is 37.6 cm³/mol. The molecule has 0 fully saturated rings. The Hall–Kier alpha value is -1.07. The highest BCUT2D eigenvalue weighted by Crippen LogP contribution is 2.08. The zero-order chi connectivity index (χ0) is 9.35. The van der Waals surface area contributed by atoms with Crippen LogP contribution in [0.1, 0.15) is 5.69 Å². The number of aryl methyl sites for hydroxylation is 1. The number of pyridine rings is 1. The summed E-state index contributed by atoms with van der Waals surface area (Å²) in [6.07, 6.45) is 0. The van der Waals surface area contributed by atoms with Gasteiger partial charge in [-0.2, -0.15) is 0 Å². The van der Waals surface area contributed by atoms with Gasteiger partial charge in [-0.1, -0.05) is 6.07 Å². The van der Waals surface area contributed by atoms with Gasteiger partial charge in [0.2, 0.25) is 0 Å². The first kappa shape index (κ1) is 9.03. The largest absolute Gasteiger partial charge is 0.527 e. The van der Waals surface area contributed by atoms with E-state index in [2.05, 4.69) is 4.98 Å². The minimum absolute atomic E-state index is 0.230. The summed E-state index contributed by atoms with van der Waals surface area (Å²) in [6.45, 7) is -3.92. The van der Waals surface area contributed by atoms with Crippen molar-refractivity contribution in [3.8, 4) is 0 Å². The van der Waals surface area contributed by atoms with Crippen molar-refractivity contribution in [3.63, 3.8) is 0 Å². The monoisotopic (exact) mass is 178 g/mol. The normalized spacial score (nSPS) is 11.8. The number of hydrogen-bond donors (Lipinski definition) is 0. The van der Waals surface area contributed by atoms with E-state index in [1.165, 1.54) is 6.92 Å². The first-order valence-electron chi connectivity index (χ1n) is 3.24. The van der Waals surface area contributed by atoms with Crippen LogP contribution in [-0.4, -0.2) is 12.0 Å². The molecule has 0 aliphatic carbocycles. The van der Waals surface area contributed by atoms with Gasteiger partial charge in [0.15, 0.2) is 0 Å². The minimum atomic E-state index is -5.12. The minimum Gasteiger partial charge on any atom is -0.444 e. The van der Waals surface area contributed by atoms with Crippen molar-refractivity contribution in [3.05, 3.63) is 23.6 Å². The van der Waals surface area contributed by atoms with Crippen LogP contribution in [0.15, 0.2) is 12.1 Å². The summed E-state index contributed by atoms with van der Waals surface area (Å²) in [7, 11) is 0. The van der Waals surface area contributed by atoms with Crippen LogP contribution < -0.4 is 5.59 Å². The standard InChI is InChI=1S/C6H5BF4N/c1-4-5(8)2-3-6(12-4)7(9,10)11/h2-3H,1H3/q-1. The summed E-state index contributed by atoms with van der Waals surface area (Å²) in [6, 6.07) is 1.41. The molecular formula is C6H5BF4N-. The van der Waals surface area contributed by atoms with Gasteiger partial charge >= 0.3 is 6.98 Å². The number of rotatable bonds is 1. The molecular weight excluding hydrogens is 173 g/mol. The predicted octanol–water partition coefficient (Wildman–Crippen LogP) is 1.58. The van der Waals surface area contributed by atoms with Gasteiger partial charge in [0, 0.05) is 0 Å². The Kier molecular flexibility index (Phi) is 2.08. The first-order valence-corrected chi connectivity index (χ1v) is 3.24. The van der Waals surface area contributed by atoms with Crippen molar-refractivity contribution in [2.45, 2.75) is 6.92 Å². The number of hydrogen-bond acceptors (Lipinski definition) is 1. The molecule has 1 nitrogen and oxygen atoms in total. The van der Waals surface area contributed by atoms with E-state index in [-0.39, 0.29) is 5.69 Å². The molecule has 0 spiro atoms. The molecule has 0 radical (unpaired) electrons. The third-order valence-electron chi connectivity index (χ3n) is 1.38. The summed E-state index contributed by atoms with van der Waals surface area (Å²) < 4.78 is 48.4. The molecule has 0 aliphatic heterocycles. The molecule has 6 heteroatoms. The third-order valence-corrected chi connectivity index (χ3v) is 1.38. The van der Waals surface area contributed by atoms with Crippen molar-refractivity contribution < 1.29 is 17.3 Å². The SMILES string of the molecule is Cc1nc([B-](F)(F)F)ccc1F. The molecule has 0 aliphatic rings. The van der Waals surface area contributed by atoms with E-state index in [1.54, 1.807) is 0 Å². The molecule has 0 unspecified atom stereocenters. The van der Waals surface area contributed by atoms with E-state index in [0.29, 0.717) is 6.07 Å². The van der Waals surface area contributed by atoms with Gasteiger partial charge in [-0.3, -0.25) is 4.98 Å². The molecule has 0 saturated carbocycles. The zero-order valence-electron chi connectivity index (χ0n) is 6.19. The maximum absolute atomic E-state index is 12.5. The zero-order valence-corrected chi connectivity index (χ0v) is 6.19. The highest BCUT2D eigenvalue weighted by Gasteiger charge is 2.27. The Morgan fingerprint density at radius 3 is 2.25 bits per heavy atom. The molecule has 12 heavy (non-hydrogen) atoms. The Morgan fingerprint density at radius 2 is 1.83 bits per heavy atom.